The molecule has 6 heteroatoms. The fourth-order valence-corrected chi connectivity index (χ4v) is 3.52. The van der Waals surface area contributed by atoms with Crippen LogP contribution < -0.4 is 5.32 Å². The zero-order valence-electron chi connectivity index (χ0n) is 15.3. The van der Waals surface area contributed by atoms with E-state index in [0.717, 1.165) is 45.9 Å². The number of nitrogens with zero attached hydrogens (tertiary/aromatic N) is 2. The number of nitrogens with one attached hydrogen (secondary N) is 1. The van der Waals surface area contributed by atoms with Gasteiger partial charge in [0.2, 0.25) is 5.91 Å². The minimum Gasteiger partial charge on any atom is -0.382 e. The highest BCUT2D eigenvalue weighted by Crippen LogP contribution is 2.22. The van der Waals surface area contributed by atoms with E-state index in [1.165, 1.54) is 32.1 Å². The van der Waals surface area contributed by atoms with Gasteiger partial charge in [-0.3, -0.25) is 14.6 Å². The summed E-state index contributed by atoms with van der Waals surface area (Å²) < 4.78 is 10.5. The lowest BCUT2D eigenvalue weighted by Crippen LogP contribution is -2.50. The fourth-order valence-electron chi connectivity index (χ4n) is 3.52. The number of hydrogen-bond donors (Lipinski definition) is 1. The van der Waals surface area contributed by atoms with Crippen molar-refractivity contribution in [3.8, 4) is 0 Å². The summed E-state index contributed by atoms with van der Waals surface area (Å²) in [6.07, 6.45) is 6.60. The van der Waals surface area contributed by atoms with Gasteiger partial charge in [0.05, 0.1) is 26.4 Å². The molecule has 1 saturated heterocycles. The van der Waals surface area contributed by atoms with Crippen LogP contribution in [0.4, 0.5) is 0 Å². The Labute approximate surface area is 146 Å². The summed E-state index contributed by atoms with van der Waals surface area (Å²) in [5.41, 5.74) is 0. The van der Waals surface area contributed by atoms with Crippen LogP contribution in [0.15, 0.2) is 0 Å². The van der Waals surface area contributed by atoms with Crippen LogP contribution in [0.5, 0.6) is 0 Å². The second kappa shape index (κ2) is 11.8. The van der Waals surface area contributed by atoms with Gasteiger partial charge in [-0.2, -0.15) is 0 Å². The van der Waals surface area contributed by atoms with Crippen molar-refractivity contribution in [2.75, 3.05) is 72.7 Å². The van der Waals surface area contributed by atoms with E-state index in [0.29, 0.717) is 25.7 Å². The number of piperazine rings is 1. The average Bonchev–Trinajstić information content (AvgIpc) is 2.62. The lowest BCUT2D eigenvalue weighted by Gasteiger charge is -2.34. The molecule has 24 heavy (non-hydrogen) atoms. The van der Waals surface area contributed by atoms with Crippen molar-refractivity contribution in [3.05, 3.63) is 0 Å². The molecule has 0 unspecified atom stereocenters. The van der Waals surface area contributed by atoms with Crippen LogP contribution in [0.2, 0.25) is 0 Å². The molecule has 1 aliphatic heterocycles. The number of hydrogen-bond acceptors (Lipinski definition) is 5. The molecule has 0 radical (unpaired) electrons. The minimum absolute atomic E-state index is 0.192. The molecule has 0 aromatic carbocycles. The van der Waals surface area contributed by atoms with Crippen molar-refractivity contribution in [1.29, 1.82) is 0 Å². The van der Waals surface area contributed by atoms with Gasteiger partial charge in [-0.15, -0.1) is 0 Å². The number of carbonyl (C=O) groups excluding carboxylic acids is 1. The van der Waals surface area contributed by atoms with Crippen LogP contribution in [0, 0.1) is 5.92 Å². The van der Waals surface area contributed by atoms with Gasteiger partial charge < -0.3 is 14.8 Å². The summed E-state index contributed by atoms with van der Waals surface area (Å²) in [6.45, 7) is 8.43. The third-order valence-corrected chi connectivity index (χ3v) is 5.13. The number of ether oxygens (including phenoxy) is 2. The summed E-state index contributed by atoms with van der Waals surface area (Å²) in [4.78, 5) is 16.8. The van der Waals surface area contributed by atoms with E-state index in [2.05, 4.69) is 15.1 Å². The van der Waals surface area contributed by atoms with Gasteiger partial charge in [0.15, 0.2) is 0 Å². The molecule has 0 bridgehead atoms. The quantitative estimate of drug-likeness (QED) is 0.600. The Kier molecular flexibility index (Phi) is 9.65. The summed E-state index contributed by atoms with van der Waals surface area (Å²) >= 11 is 0. The van der Waals surface area contributed by atoms with Crippen molar-refractivity contribution >= 4 is 5.91 Å². The SMILES string of the molecule is COCCOCCN1CCN(CC(=O)NCC2CCCCC2)CC1. The van der Waals surface area contributed by atoms with Crippen LogP contribution in [-0.4, -0.2) is 88.5 Å². The molecule has 2 aliphatic rings. The predicted molar refractivity (Wildman–Crippen MR) is 95.2 cm³/mol. The summed E-state index contributed by atoms with van der Waals surface area (Å²) in [6, 6.07) is 0. The molecule has 1 heterocycles. The summed E-state index contributed by atoms with van der Waals surface area (Å²) in [5, 5.41) is 3.14. The first-order chi connectivity index (χ1) is 11.8. The minimum atomic E-state index is 0.192. The van der Waals surface area contributed by atoms with E-state index in [9.17, 15) is 4.79 Å². The molecule has 0 aromatic heterocycles. The maximum Gasteiger partial charge on any atom is 0.234 e. The Morgan fingerprint density at radius 1 is 1.00 bits per heavy atom. The molecule has 1 saturated carbocycles. The molecule has 0 atom stereocenters. The Hall–Kier alpha value is -0.690. The van der Waals surface area contributed by atoms with E-state index < -0.39 is 0 Å². The predicted octanol–water partition coefficient (Wildman–Crippen LogP) is 0.964. The molecule has 0 aromatic rings. The van der Waals surface area contributed by atoms with Crippen molar-refractivity contribution < 1.29 is 14.3 Å². The van der Waals surface area contributed by atoms with E-state index >= 15 is 0 Å². The number of rotatable bonds is 10. The Morgan fingerprint density at radius 2 is 1.71 bits per heavy atom. The van der Waals surface area contributed by atoms with Crippen LogP contribution in [0.3, 0.4) is 0 Å². The molecular formula is C18H35N3O3. The van der Waals surface area contributed by atoms with Gasteiger partial charge in [-0.05, 0) is 18.8 Å². The van der Waals surface area contributed by atoms with Gasteiger partial charge >= 0.3 is 0 Å². The largest absolute Gasteiger partial charge is 0.382 e. The fraction of sp³-hybridized carbons (Fsp3) is 0.944. The van der Waals surface area contributed by atoms with Gasteiger partial charge in [-0.1, -0.05) is 19.3 Å². The summed E-state index contributed by atoms with van der Waals surface area (Å²) in [7, 11) is 1.69. The maximum absolute atomic E-state index is 12.1. The van der Waals surface area contributed by atoms with Crippen LogP contribution in [-0.2, 0) is 14.3 Å². The second-order valence-electron chi connectivity index (χ2n) is 7.03. The Morgan fingerprint density at radius 3 is 2.42 bits per heavy atom. The van der Waals surface area contributed by atoms with Crippen molar-refractivity contribution in [2.24, 2.45) is 5.92 Å². The van der Waals surface area contributed by atoms with Crippen LogP contribution in [0.25, 0.3) is 0 Å². The first-order valence-corrected chi connectivity index (χ1v) is 9.56. The van der Waals surface area contributed by atoms with Gasteiger partial charge in [-0.25, -0.2) is 0 Å². The zero-order valence-corrected chi connectivity index (χ0v) is 15.3. The van der Waals surface area contributed by atoms with E-state index in [1.807, 2.05) is 0 Å². The van der Waals surface area contributed by atoms with Crippen molar-refractivity contribution in [1.82, 2.24) is 15.1 Å². The smallest absolute Gasteiger partial charge is 0.234 e. The normalized spacial score (nSPS) is 21.0. The topological polar surface area (TPSA) is 54.0 Å². The molecule has 2 rings (SSSR count). The number of carbonyl (C=O) groups is 1. The molecular weight excluding hydrogens is 306 g/mol. The van der Waals surface area contributed by atoms with E-state index in [-0.39, 0.29) is 5.91 Å². The van der Waals surface area contributed by atoms with Gasteiger partial charge in [0.25, 0.3) is 0 Å². The third kappa shape index (κ3) is 7.92. The van der Waals surface area contributed by atoms with Crippen LogP contribution in [0.1, 0.15) is 32.1 Å². The highest BCUT2D eigenvalue weighted by Gasteiger charge is 2.19. The molecule has 1 aliphatic carbocycles. The van der Waals surface area contributed by atoms with Crippen molar-refractivity contribution in [2.45, 2.75) is 32.1 Å². The Balaban J connectivity index is 1.50. The monoisotopic (exact) mass is 341 g/mol. The second-order valence-corrected chi connectivity index (χ2v) is 7.03. The highest BCUT2D eigenvalue weighted by molar-refractivity contribution is 5.78. The maximum atomic E-state index is 12.1. The lowest BCUT2D eigenvalue weighted by molar-refractivity contribution is -0.122. The van der Waals surface area contributed by atoms with Gasteiger partial charge in [0.1, 0.15) is 0 Å². The van der Waals surface area contributed by atoms with Crippen LogP contribution >= 0.6 is 0 Å². The standard InChI is InChI=1S/C18H35N3O3/c1-23-13-14-24-12-11-20-7-9-21(10-8-20)16-18(22)19-15-17-5-3-2-4-6-17/h17H,2-16H2,1H3,(H,19,22). The molecule has 0 spiro atoms. The first-order valence-electron chi connectivity index (χ1n) is 9.56. The highest BCUT2D eigenvalue weighted by atomic mass is 16.5. The molecule has 1 N–H and O–H groups in total. The molecule has 6 nitrogen and oxygen atoms in total. The Bertz CT molecular complexity index is 340. The first kappa shape index (κ1) is 19.6. The van der Waals surface area contributed by atoms with Gasteiger partial charge in [0, 0.05) is 46.4 Å². The number of amides is 1. The molecule has 2 fully saturated rings. The lowest BCUT2D eigenvalue weighted by atomic mass is 9.89. The summed E-state index contributed by atoms with van der Waals surface area (Å²) in [5.74, 6) is 0.898. The molecule has 1 amide bonds. The zero-order chi connectivity index (χ0) is 17.0. The van der Waals surface area contributed by atoms with Crippen molar-refractivity contribution in [3.63, 3.8) is 0 Å². The average molecular weight is 341 g/mol. The van der Waals surface area contributed by atoms with E-state index in [1.54, 1.807) is 7.11 Å². The number of methoxy groups -OCH3 is 1. The van der Waals surface area contributed by atoms with E-state index in [4.69, 9.17) is 9.47 Å². The molecule has 140 valence electrons. The third-order valence-electron chi connectivity index (χ3n) is 5.13.